The van der Waals surface area contributed by atoms with Gasteiger partial charge in [-0.1, -0.05) is 18.2 Å². The summed E-state index contributed by atoms with van der Waals surface area (Å²) in [5.74, 6) is -1.01. The third kappa shape index (κ3) is 4.02. The third-order valence-corrected chi connectivity index (χ3v) is 6.68. The van der Waals surface area contributed by atoms with Gasteiger partial charge in [0.2, 0.25) is 15.9 Å². The molecule has 0 radical (unpaired) electrons. The fourth-order valence-electron chi connectivity index (χ4n) is 3.78. The van der Waals surface area contributed by atoms with Crippen LogP contribution in [0, 0.1) is 0 Å². The lowest BCUT2D eigenvalue weighted by Gasteiger charge is -2.38. The zero-order valence-corrected chi connectivity index (χ0v) is 17.1. The van der Waals surface area contributed by atoms with Crippen LogP contribution in [0.2, 0.25) is 0 Å². The van der Waals surface area contributed by atoms with Crippen LogP contribution in [0.1, 0.15) is 15.9 Å². The van der Waals surface area contributed by atoms with Crippen molar-refractivity contribution < 1.29 is 31.2 Å². The lowest BCUT2D eigenvalue weighted by Crippen LogP contribution is -2.59. The molecule has 1 saturated heterocycles. The van der Waals surface area contributed by atoms with Gasteiger partial charge in [-0.2, -0.15) is 17.5 Å². The molecule has 1 fully saturated rings. The molecule has 2 amide bonds. The van der Waals surface area contributed by atoms with E-state index in [0.29, 0.717) is 5.56 Å². The minimum absolute atomic E-state index is 0.0250. The lowest BCUT2D eigenvalue weighted by molar-refractivity contribution is -0.137. The molecule has 0 unspecified atom stereocenters. The van der Waals surface area contributed by atoms with Crippen LogP contribution < -0.4 is 5.32 Å². The van der Waals surface area contributed by atoms with Gasteiger partial charge in [-0.15, -0.1) is 0 Å². The Morgan fingerprint density at radius 3 is 2.42 bits per heavy atom. The first-order chi connectivity index (χ1) is 14.4. The SMILES string of the molecule is CS(=O)(=O)N1CCN2C(=O)c3cc(-c4cccc(C(F)(F)F)c4)ccc3NC(=O)[C@H]2C1. The number of alkyl halides is 3. The largest absolute Gasteiger partial charge is 0.416 e. The zero-order chi connectivity index (χ0) is 22.6. The lowest BCUT2D eigenvalue weighted by atomic mass is 9.99. The van der Waals surface area contributed by atoms with Crippen molar-refractivity contribution in [2.24, 2.45) is 0 Å². The number of carbonyl (C=O) groups is 2. The minimum Gasteiger partial charge on any atom is -0.324 e. The molecule has 31 heavy (non-hydrogen) atoms. The average molecular weight is 453 g/mol. The first-order valence-corrected chi connectivity index (χ1v) is 11.2. The van der Waals surface area contributed by atoms with E-state index in [2.05, 4.69) is 5.32 Å². The molecule has 0 spiro atoms. The summed E-state index contributed by atoms with van der Waals surface area (Å²) in [6, 6.07) is 8.18. The van der Waals surface area contributed by atoms with Gasteiger partial charge in [-0.05, 0) is 35.4 Å². The molecule has 1 atom stereocenters. The summed E-state index contributed by atoms with van der Waals surface area (Å²) in [6.07, 6.45) is -3.47. The van der Waals surface area contributed by atoms with E-state index >= 15 is 0 Å². The van der Waals surface area contributed by atoms with Gasteiger partial charge in [0.05, 0.1) is 23.1 Å². The monoisotopic (exact) mass is 453 g/mol. The van der Waals surface area contributed by atoms with Crippen LogP contribution in [0.15, 0.2) is 42.5 Å². The summed E-state index contributed by atoms with van der Waals surface area (Å²) < 4.78 is 64.1. The number of fused-ring (bicyclic) bond motifs is 2. The molecule has 2 aromatic rings. The van der Waals surface area contributed by atoms with Crippen molar-refractivity contribution in [2.45, 2.75) is 12.2 Å². The maximum absolute atomic E-state index is 13.2. The van der Waals surface area contributed by atoms with Crippen LogP contribution in [0.5, 0.6) is 0 Å². The number of hydrogen-bond donors (Lipinski definition) is 1. The quantitative estimate of drug-likeness (QED) is 0.757. The van der Waals surface area contributed by atoms with Gasteiger partial charge in [-0.3, -0.25) is 9.59 Å². The fraction of sp³-hybridized carbons (Fsp3) is 0.300. The van der Waals surface area contributed by atoms with Gasteiger partial charge >= 0.3 is 6.18 Å². The number of hydrogen-bond acceptors (Lipinski definition) is 4. The predicted molar refractivity (Wildman–Crippen MR) is 107 cm³/mol. The highest BCUT2D eigenvalue weighted by atomic mass is 32.2. The van der Waals surface area contributed by atoms with Crippen molar-refractivity contribution in [1.29, 1.82) is 0 Å². The van der Waals surface area contributed by atoms with Gasteiger partial charge in [0.1, 0.15) is 6.04 Å². The minimum atomic E-state index is -4.50. The number of amides is 2. The normalized spacial score (nSPS) is 20.0. The number of carbonyl (C=O) groups excluding carboxylic acids is 2. The van der Waals surface area contributed by atoms with Crippen LogP contribution in [0.4, 0.5) is 18.9 Å². The number of piperazine rings is 1. The van der Waals surface area contributed by atoms with Gasteiger partial charge in [0.15, 0.2) is 0 Å². The number of sulfonamides is 1. The van der Waals surface area contributed by atoms with Crippen LogP contribution in [0.25, 0.3) is 11.1 Å². The number of nitrogens with one attached hydrogen (secondary N) is 1. The molecular formula is C20H18F3N3O4S. The van der Waals surface area contributed by atoms with Gasteiger partial charge in [0.25, 0.3) is 5.91 Å². The topological polar surface area (TPSA) is 86.8 Å². The average Bonchev–Trinajstić information content (AvgIpc) is 2.81. The van der Waals surface area contributed by atoms with Crippen LogP contribution in [-0.2, 0) is 21.0 Å². The van der Waals surface area contributed by atoms with Crippen molar-refractivity contribution in [3.05, 3.63) is 53.6 Å². The maximum atomic E-state index is 13.2. The number of halogens is 3. The number of benzene rings is 2. The molecule has 4 rings (SSSR count). The highest BCUT2D eigenvalue weighted by molar-refractivity contribution is 7.88. The second-order valence-electron chi connectivity index (χ2n) is 7.46. The first-order valence-electron chi connectivity index (χ1n) is 9.34. The molecule has 0 bridgehead atoms. The predicted octanol–water partition coefficient (Wildman–Crippen LogP) is 2.41. The van der Waals surface area contributed by atoms with Crippen molar-refractivity contribution >= 4 is 27.5 Å². The standard InChI is InChI=1S/C20H18F3N3O4S/c1-31(29,30)25-7-8-26-17(11-25)18(27)24-16-6-5-13(10-15(16)19(26)28)12-3-2-4-14(9-12)20(21,22)23/h2-6,9-10,17H,7-8,11H2,1H3,(H,24,27)/t17-/m1/s1. The molecule has 164 valence electrons. The summed E-state index contributed by atoms with van der Waals surface area (Å²) >= 11 is 0. The zero-order valence-electron chi connectivity index (χ0n) is 16.3. The summed E-state index contributed by atoms with van der Waals surface area (Å²) in [5.41, 5.74) is 0.223. The summed E-state index contributed by atoms with van der Waals surface area (Å²) in [7, 11) is -3.53. The second kappa shape index (κ2) is 7.34. The van der Waals surface area contributed by atoms with Crippen molar-refractivity contribution in [2.75, 3.05) is 31.2 Å². The first kappa shape index (κ1) is 21.3. The Hall–Kier alpha value is -2.92. The van der Waals surface area contributed by atoms with Gasteiger partial charge < -0.3 is 10.2 Å². The van der Waals surface area contributed by atoms with E-state index in [1.54, 1.807) is 0 Å². The third-order valence-electron chi connectivity index (χ3n) is 5.41. The Morgan fingerprint density at radius 2 is 1.74 bits per heavy atom. The van der Waals surface area contributed by atoms with Crippen molar-refractivity contribution in [1.82, 2.24) is 9.21 Å². The second-order valence-corrected chi connectivity index (χ2v) is 9.45. The smallest absolute Gasteiger partial charge is 0.324 e. The summed E-state index contributed by atoms with van der Waals surface area (Å²) in [5, 5.41) is 2.64. The number of nitrogens with zero attached hydrogens (tertiary/aromatic N) is 2. The molecule has 0 aliphatic carbocycles. The number of anilines is 1. The van der Waals surface area contributed by atoms with Crippen molar-refractivity contribution in [3.63, 3.8) is 0 Å². The molecule has 2 heterocycles. The Morgan fingerprint density at radius 1 is 1.03 bits per heavy atom. The van der Waals surface area contributed by atoms with Crippen LogP contribution in [0.3, 0.4) is 0 Å². The van der Waals surface area contributed by atoms with E-state index in [-0.39, 0.29) is 36.4 Å². The van der Waals surface area contributed by atoms with E-state index in [1.165, 1.54) is 35.2 Å². The Labute approximate surface area is 176 Å². The van der Waals surface area contributed by atoms with Gasteiger partial charge in [-0.25, -0.2) is 8.42 Å². The van der Waals surface area contributed by atoms with E-state index in [1.807, 2.05) is 0 Å². The molecule has 1 N–H and O–H groups in total. The molecule has 11 heteroatoms. The number of rotatable bonds is 2. The Kier molecular flexibility index (Phi) is 5.05. The maximum Gasteiger partial charge on any atom is 0.416 e. The highest BCUT2D eigenvalue weighted by Crippen LogP contribution is 2.34. The van der Waals surface area contributed by atoms with E-state index in [4.69, 9.17) is 0 Å². The van der Waals surface area contributed by atoms with E-state index in [9.17, 15) is 31.2 Å². The molecule has 0 saturated carbocycles. The Balaban J connectivity index is 1.71. The van der Waals surface area contributed by atoms with E-state index in [0.717, 1.165) is 22.7 Å². The molecule has 2 aromatic carbocycles. The Bertz CT molecular complexity index is 1180. The molecule has 0 aromatic heterocycles. The van der Waals surface area contributed by atoms with Gasteiger partial charge in [0, 0.05) is 19.6 Å². The fourth-order valence-corrected chi connectivity index (χ4v) is 4.61. The van der Waals surface area contributed by atoms with E-state index < -0.39 is 39.6 Å². The van der Waals surface area contributed by atoms with Crippen LogP contribution in [-0.4, -0.2) is 61.4 Å². The molecule has 2 aliphatic heterocycles. The summed E-state index contributed by atoms with van der Waals surface area (Å²) in [6.45, 7) is -0.0842. The molecule has 7 nitrogen and oxygen atoms in total. The van der Waals surface area contributed by atoms with Crippen LogP contribution >= 0.6 is 0 Å². The summed E-state index contributed by atoms with van der Waals surface area (Å²) in [4.78, 5) is 27.2. The van der Waals surface area contributed by atoms with Crippen molar-refractivity contribution in [3.8, 4) is 11.1 Å². The molecule has 2 aliphatic rings. The highest BCUT2D eigenvalue weighted by Gasteiger charge is 2.41. The molecular weight excluding hydrogens is 435 g/mol.